The monoisotopic (exact) mass is 244 g/mol. The number of hydrogen-bond donors (Lipinski definition) is 0. The van der Waals surface area contributed by atoms with Crippen LogP contribution in [0.25, 0.3) is 0 Å². The summed E-state index contributed by atoms with van der Waals surface area (Å²) in [6, 6.07) is 0. The van der Waals surface area contributed by atoms with Crippen LogP contribution in [-0.4, -0.2) is 26.1 Å². The van der Waals surface area contributed by atoms with E-state index in [1.165, 1.54) is 0 Å². The van der Waals surface area contributed by atoms with Crippen LogP contribution in [0.15, 0.2) is 12.7 Å². The third kappa shape index (κ3) is 9.92. The number of aliphatic carboxylic acids is 1. The van der Waals surface area contributed by atoms with Gasteiger partial charge < -0.3 is 14.1 Å². The largest absolute Gasteiger partial charge is 1.00 e. The zero-order chi connectivity index (χ0) is 11.2. The van der Waals surface area contributed by atoms with E-state index in [2.05, 4.69) is 10.8 Å². The Hall–Kier alpha value is -0.370. The molecular weight excluding hydrogens is 235 g/mol. The van der Waals surface area contributed by atoms with Gasteiger partial charge in [0.15, 0.2) is 0 Å². The second-order valence-corrected chi connectivity index (χ2v) is 3.96. The van der Waals surface area contributed by atoms with Crippen LogP contribution in [-0.2, 0) is 23.9 Å². The van der Waals surface area contributed by atoms with E-state index in [9.17, 15) is 23.1 Å². The summed E-state index contributed by atoms with van der Waals surface area (Å²) in [5.41, 5.74) is 0. The van der Waals surface area contributed by atoms with Crippen LogP contribution in [0.2, 0.25) is 0 Å². The quantitative estimate of drug-likeness (QED) is 0.265. The summed E-state index contributed by atoms with van der Waals surface area (Å²) in [6.45, 7) is 3.15. The fourth-order valence-electron chi connectivity index (χ4n) is 0.566. The molecule has 0 aromatic heterocycles. The van der Waals surface area contributed by atoms with Crippen molar-refractivity contribution in [1.82, 2.24) is 0 Å². The Labute approximate surface area is 110 Å². The van der Waals surface area contributed by atoms with Gasteiger partial charge in [0, 0.05) is 5.97 Å². The fourth-order valence-corrected chi connectivity index (χ4v) is 1.29. The Kier molecular flexibility index (Phi) is 8.93. The van der Waals surface area contributed by atoms with Gasteiger partial charge in [-0.2, -0.15) is 8.42 Å². The van der Waals surface area contributed by atoms with Crippen LogP contribution in [0.5, 0.6) is 0 Å². The van der Waals surface area contributed by atoms with E-state index in [1.807, 2.05) is 0 Å². The number of hydrogen-bond acceptors (Lipinski definition) is 6. The molecule has 0 unspecified atom stereocenters. The van der Waals surface area contributed by atoms with Crippen LogP contribution in [0.1, 0.15) is 12.8 Å². The number of carboxylic acid groups (broad SMARTS) is 1. The summed E-state index contributed by atoms with van der Waals surface area (Å²) in [7, 11) is -3.96. The van der Waals surface area contributed by atoms with E-state index in [0.717, 1.165) is 6.08 Å². The molecule has 0 atom stereocenters. The molecule has 0 bridgehead atoms. The maximum atomic E-state index is 10.8. The summed E-state index contributed by atoms with van der Waals surface area (Å²) in [4.78, 5) is 20.6. The van der Waals surface area contributed by atoms with Gasteiger partial charge in [0.05, 0.1) is 6.42 Å². The van der Waals surface area contributed by atoms with Crippen LogP contribution in [0.4, 0.5) is 0 Å². The van der Waals surface area contributed by atoms with Crippen molar-refractivity contribution in [2.45, 2.75) is 12.8 Å². The van der Waals surface area contributed by atoms with Gasteiger partial charge in [-0.15, -0.1) is 6.58 Å². The predicted molar refractivity (Wildman–Crippen MR) is 44.3 cm³/mol. The van der Waals surface area contributed by atoms with Gasteiger partial charge in [0.2, 0.25) is 0 Å². The smallest absolute Gasteiger partial charge is 0.550 e. The average molecular weight is 244 g/mol. The molecule has 0 rings (SSSR count). The average Bonchev–Trinajstić information content (AvgIpc) is 1.99. The van der Waals surface area contributed by atoms with Crippen molar-refractivity contribution in [3.63, 3.8) is 0 Å². The Balaban J connectivity index is 0. The Bertz CT molecular complexity index is 333. The van der Waals surface area contributed by atoms with Gasteiger partial charge in [-0.3, -0.25) is 4.79 Å². The van der Waals surface area contributed by atoms with Gasteiger partial charge in [0.25, 0.3) is 0 Å². The van der Waals surface area contributed by atoms with Crippen molar-refractivity contribution >= 4 is 22.1 Å². The van der Waals surface area contributed by atoms with E-state index in [1.54, 1.807) is 0 Å². The standard InChI is InChI=1S/C7H10O6S.Na/c1-2-5-14(11,12)13-7(10)4-3-6(8)9;/h2H,1,3-5H2,(H,8,9);/q;+1/p-1. The van der Waals surface area contributed by atoms with Crippen molar-refractivity contribution in [2.75, 3.05) is 5.75 Å². The van der Waals surface area contributed by atoms with Crippen LogP contribution >= 0.6 is 0 Å². The fraction of sp³-hybridized carbons (Fsp3) is 0.429. The molecule has 0 aliphatic rings. The zero-order valence-corrected chi connectivity index (χ0v) is 11.1. The molecule has 0 amide bonds. The molecule has 15 heavy (non-hydrogen) atoms. The van der Waals surface area contributed by atoms with Crippen molar-refractivity contribution in [3.05, 3.63) is 12.7 Å². The van der Waals surface area contributed by atoms with E-state index < -0.39 is 40.7 Å². The maximum absolute atomic E-state index is 10.8. The van der Waals surface area contributed by atoms with Crippen molar-refractivity contribution in [3.8, 4) is 0 Å². The molecule has 0 aromatic carbocycles. The third-order valence-corrected chi connectivity index (χ3v) is 2.16. The molecule has 6 nitrogen and oxygen atoms in total. The molecule has 8 heteroatoms. The second kappa shape index (κ2) is 7.86. The van der Waals surface area contributed by atoms with Crippen LogP contribution in [0.3, 0.4) is 0 Å². The summed E-state index contributed by atoms with van der Waals surface area (Å²) in [5.74, 6) is -3.05. The second-order valence-electron chi connectivity index (χ2n) is 2.34. The molecule has 0 saturated heterocycles. The number of carbonyl (C=O) groups is 2. The minimum absolute atomic E-state index is 0. The summed E-state index contributed by atoms with van der Waals surface area (Å²) in [5, 5.41) is 9.91. The topological polar surface area (TPSA) is 101 Å². The molecule has 0 aliphatic heterocycles. The summed E-state index contributed by atoms with van der Waals surface area (Å²) >= 11 is 0. The molecule has 0 heterocycles. The Morgan fingerprint density at radius 2 is 1.87 bits per heavy atom. The first-order chi connectivity index (χ1) is 6.37. The van der Waals surface area contributed by atoms with Crippen molar-refractivity contribution < 1.29 is 56.9 Å². The molecule has 0 N–H and O–H groups in total. The Morgan fingerprint density at radius 3 is 2.27 bits per heavy atom. The van der Waals surface area contributed by atoms with E-state index in [-0.39, 0.29) is 29.6 Å². The molecule has 0 aromatic rings. The molecule has 0 spiro atoms. The molecular formula is C7H9NaO6S. The van der Waals surface area contributed by atoms with Gasteiger partial charge in [-0.05, 0) is 6.42 Å². The van der Waals surface area contributed by atoms with E-state index in [4.69, 9.17) is 0 Å². The zero-order valence-electron chi connectivity index (χ0n) is 8.26. The summed E-state index contributed by atoms with van der Waals surface area (Å²) in [6.07, 6.45) is -0.0392. The van der Waals surface area contributed by atoms with Crippen molar-refractivity contribution in [1.29, 1.82) is 0 Å². The molecule has 0 fully saturated rings. The first kappa shape index (κ1) is 17.0. The number of carbonyl (C=O) groups excluding carboxylic acids is 2. The van der Waals surface area contributed by atoms with Crippen molar-refractivity contribution in [2.24, 2.45) is 0 Å². The van der Waals surface area contributed by atoms with Gasteiger partial charge in [-0.25, -0.2) is 0 Å². The third-order valence-electron chi connectivity index (χ3n) is 1.08. The van der Waals surface area contributed by atoms with Crippen LogP contribution < -0.4 is 34.7 Å². The molecule has 0 saturated carbocycles. The first-order valence-corrected chi connectivity index (χ1v) is 5.21. The van der Waals surface area contributed by atoms with E-state index in [0.29, 0.717) is 0 Å². The number of carboxylic acids is 1. The molecule has 80 valence electrons. The molecule has 0 radical (unpaired) electrons. The van der Waals surface area contributed by atoms with Crippen LogP contribution in [0, 0.1) is 0 Å². The predicted octanol–water partition coefficient (Wildman–Crippen LogP) is -4.42. The van der Waals surface area contributed by atoms with Gasteiger partial charge in [-0.1, -0.05) is 6.08 Å². The Morgan fingerprint density at radius 1 is 1.33 bits per heavy atom. The first-order valence-electron chi connectivity index (χ1n) is 3.63. The normalized spacial score (nSPS) is 9.87. The number of rotatable bonds is 6. The minimum Gasteiger partial charge on any atom is -0.550 e. The SMILES string of the molecule is C=CCS(=O)(=O)OC(=O)CCC(=O)[O-].[Na+]. The van der Waals surface area contributed by atoms with Gasteiger partial charge in [0.1, 0.15) is 5.75 Å². The van der Waals surface area contributed by atoms with Gasteiger partial charge >= 0.3 is 45.6 Å². The minimum atomic E-state index is -3.96. The van der Waals surface area contributed by atoms with E-state index >= 15 is 0 Å². The maximum Gasteiger partial charge on any atom is 1.00 e. The molecule has 0 aliphatic carbocycles. The summed E-state index contributed by atoms with van der Waals surface area (Å²) < 4.78 is 25.6.